The Morgan fingerprint density at radius 2 is 1.14 bits per heavy atom. The van der Waals surface area contributed by atoms with Crippen molar-refractivity contribution in [3.63, 3.8) is 0 Å². The molecule has 2 aliphatic carbocycles. The summed E-state index contributed by atoms with van der Waals surface area (Å²) in [5, 5.41) is 0. The number of halogens is 2. The first-order valence-electron chi connectivity index (χ1n) is 7.21. The summed E-state index contributed by atoms with van der Waals surface area (Å²) >= 11 is 7.17. The molecule has 0 bridgehead atoms. The van der Waals surface area contributed by atoms with E-state index in [4.69, 9.17) is 0 Å². The van der Waals surface area contributed by atoms with Crippen molar-refractivity contribution in [3.8, 4) is 0 Å². The summed E-state index contributed by atoms with van der Waals surface area (Å²) in [7, 11) is 0. The average Bonchev–Trinajstić information content (AvgIpc) is 3.00. The molecular weight excluding hydrogens is 408 g/mol. The first-order valence-corrected chi connectivity index (χ1v) is 8.79. The van der Waals surface area contributed by atoms with Crippen LogP contribution in [0.1, 0.15) is 56.5 Å². The summed E-state index contributed by atoms with van der Waals surface area (Å²) < 4.78 is 1.93. The summed E-state index contributed by atoms with van der Waals surface area (Å²) in [5.74, 6) is 0.493. The van der Waals surface area contributed by atoms with Gasteiger partial charge in [-0.3, -0.25) is 9.59 Å². The Hall–Kier alpha value is -1.26. The molecule has 0 saturated heterocycles. The van der Waals surface area contributed by atoms with Crippen LogP contribution in [0.3, 0.4) is 0 Å². The van der Waals surface area contributed by atoms with Crippen molar-refractivity contribution >= 4 is 43.4 Å². The van der Waals surface area contributed by atoms with Gasteiger partial charge < -0.3 is 0 Å². The van der Waals surface area contributed by atoms with E-state index in [9.17, 15) is 9.59 Å². The van der Waals surface area contributed by atoms with Gasteiger partial charge in [0.05, 0.1) is 0 Å². The number of fused-ring (bicyclic) bond motifs is 2. The zero-order valence-electron chi connectivity index (χ0n) is 11.6. The maximum atomic E-state index is 12.3. The number of carbonyl (C=O) groups is 2. The minimum Gasteiger partial charge on any atom is -0.294 e. The summed E-state index contributed by atoms with van der Waals surface area (Å²) in [6.45, 7) is 0. The van der Waals surface area contributed by atoms with Crippen molar-refractivity contribution in [2.45, 2.75) is 24.7 Å². The second kappa shape index (κ2) is 5.14. The molecule has 0 radical (unpaired) electrons. The van der Waals surface area contributed by atoms with E-state index in [1.165, 1.54) is 0 Å². The second-order valence-corrected chi connectivity index (χ2v) is 7.58. The molecule has 2 aromatic carbocycles. The highest BCUT2D eigenvalue weighted by Gasteiger charge is 2.42. The van der Waals surface area contributed by atoms with E-state index in [0.29, 0.717) is 12.8 Å². The fraction of sp³-hybridized carbons (Fsp3) is 0.222. The Morgan fingerprint density at radius 3 is 1.55 bits per heavy atom. The summed E-state index contributed by atoms with van der Waals surface area (Å²) in [6.07, 6.45) is 0.966. The van der Waals surface area contributed by atoms with Gasteiger partial charge in [0, 0.05) is 44.7 Å². The van der Waals surface area contributed by atoms with Gasteiger partial charge in [0.1, 0.15) is 0 Å². The third-order valence-corrected chi connectivity index (χ3v) is 6.13. The van der Waals surface area contributed by atoms with Crippen LogP contribution in [-0.4, -0.2) is 11.6 Å². The molecule has 0 N–H and O–H groups in total. The Morgan fingerprint density at radius 1 is 0.727 bits per heavy atom. The summed E-state index contributed by atoms with van der Waals surface area (Å²) in [5.41, 5.74) is 3.72. The first kappa shape index (κ1) is 14.3. The Kier molecular flexibility index (Phi) is 3.35. The second-order valence-electron chi connectivity index (χ2n) is 5.87. The monoisotopic (exact) mass is 418 g/mol. The van der Waals surface area contributed by atoms with E-state index in [0.717, 1.165) is 31.2 Å². The van der Waals surface area contributed by atoms with E-state index in [1.807, 2.05) is 36.4 Å². The van der Waals surface area contributed by atoms with Gasteiger partial charge in [0.25, 0.3) is 0 Å². The fourth-order valence-electron chi connectivity index (χ4n) is 3.82. The largest absolute Gasteiger partial charge is 0.294 e. The van der Waals surface area contributed by atoms with Crippen LogP contribution in [0.25, 0.3) is 0 Å². The number of rotatable bonds is 1. The molecule has 4 heteroatoms. The van der Waals surface area contributed by atoms with Crippen LogP contribution in [0.15, 0.2) is 45.3 Å². The van der Waals surface area contributed by atoms with E-state index in [1.54, 1.807) is 0 Å². The van der Waals surface area contributed by atoms with Crippen molar-refractivity contribution in [1.82, 2.24) is 0 Å². The highest BCUT2D eigenvalue weighted by atomic mass is 79.9. The standard InChI is InChI=1S/C18H12Br2O2/c19-13-5-1-3-9-15(21)7-11(17(9)13)12-8-16(22)10-4-2-6-14(20)18(10)12/h1-6,11-12H,7-8H2/t11-,12+. The van der Waals surface area contributed by atoms with E-state index < -0.39 is 0 Å². The quantitative estimate of drug-likeness (QED) is 0.632. The lowest BCUT2D eigenvalue weighted by atomic mass is 9.83. The van der Waals surface area contributed by atoms with Crippen LogP contribution in [-0.2, 0) is 0 Å². The topological polar surface area (TPSA) is 34.1 Å². The summed E-state index contributed by atoms with van der Waals surface area (Å²) in [6, 6.07) is 11.5. The molecule has 0 saturated carbocycles. The third-order valence-electron chi connectivity index (χ3n) is 4.74. The van der Waals surface area contributed by atoms with Gasteiger partial charge in [-0.2, -0.15) is 0 Å². The Labute approximate surface area is 145 Å². The zero-order valence-corrected chi connectivity index (χ0v) is 14.8. The van der Waals surface area contributed by atoms with Crippen LogP contribution in [0.5, 0.6) is 0 Å². The van der Waals surface area contributed by atoms with Gasteiger partial charge in [-0.05, 0) is 23.3 Å². The minimum atomic E-state index is 0.0713. The molecular formula is C18H12Br2O2. The van der Waals surface area contributed by atoms with Gasteiger partial charge in [-0.1, -0.05) is 56.1 Å². The molecule has 0 aromatic heterocycles. The van der Waals surface area contributed by atoms with Crippen LogP contribution in [0, 0.1) is 0 Å². The molecule has 0 unspecified atom stereocenters. The number of carbonyl (C=O) groups excluding carboxylic acids is 2. The van der Waals surface area contributed by atoms with Crippen molar-refractivity contribution < 1.29 is 9.59 Å². The van der Waals surface area contributed by atoms with Crippen molar-refractivity contribution in [2.24, 2.45) is 0 Å². The maximum Gasteiger partial charge on any atom is 0.163 e. The molecule has 110 valence electrons. The number of benzene rings is 2. The molecule has 2 aliphatic rings. The number of hydrogen-bond acceptors (Lipinski definition) is 2. The van der Waals surface area contributed by atoms with Gasteiger partial charge in [-0.15, -0.1) is 0 Å². The number of hydrogen-bond donors (Lipinski definition) is 0. The average molecular weight is 420 g/mol. The molecule has 0 amide bonds. The minimum absolute atomic E-state index is 0.0713. The first-order chi connectivity index (χ1) is 10.6. The van der Waals surface area contributed by atoms with Gasteiger partial charge in [0.2, 0.25) is 0 Å². The highest BCUT2D eigenvalue weighted by molar-refractivity contribution is 9.10. The predicted molar refractivity (Wildman–Crippen MR) is 91.7 cm³/mol. The molecule has 0 heterocycles. The lowest BCUT2D eigenvalue weighted by molar-refractivity contribution is 0.0963. The fourth-order valence-corrected chi connectivity index (χ4v) is 5.14. The smallest absolute Gasteiger partial charge is 0.163 e. The van der Waals surface area contributed by atoms with Crippen molar-refractivity contribution in [2.75, 3.05) is 0 Å². The Bertz CT molecular complexity index is 756. The predicted octanol–water partition coefficient (Wildman–Crippen LogP) is 5.25. The normalized spacial score (nSPS) is 22.8. The molecule has 0 fully saturated rings. The maximum absolute atomic E-state index is 12.3. The molecule has 0 spiro atoms. The van der Waals surface area contributed by atoms with Gasteiger partial charge in [-0.25, -0.2) is 0 Å². The van der Waals surface area contributed by atoms with E-state index >= 15 is 0 Å². The SMILES string of the molecule is O=C1C[C@@H]([C@H]2CC(=O)c3cccc(Br)c32)c2c(Br)cccc21. The molecule has 0 aliphatic heterocycles. The van der Waals surface area contributed by atoms with E-state index in [-0.39, 0.29) is 23.4 Å². The number of ketones is 2. The lowest BCUT2D eigenvalue weighted by Crippen LogP contribution is -2.08. The number of Topliss-reactive ketones (excluding diaryl/α,β-unsaturated/α-hetero) is 2. The van der Waals surface area contributed by atoms with Crippen LogP contribution >= 0.6 is 31.9 Å². The van der Waals surface area contributed by atoms with Crippen molar-refractivity contribution in [1.29, 1.82) is 0 Å². The van der Waals surface area contributed by atoms with Crippen LogP contribution in [0.2, 0.25) is 0 Å². The molecule has 4 rings (SSSR count). The van der Waals surface area contributed by atoms with Crippen LogP contribution < -0.4 is 0 Å². The van der Waals surface area contributed by atoms with Gasteiger partial charge >= 0.3 is 0 Å². The third kappa shape index (κ3) is 1.97. The van der Waals surface area contributed by atoms with Crippen molar-refractivity contribution in [3.05, 3.63) is 67.6 Å². The van der Waals surface area contributed by atoms with Gasteiger partial charge in [0.15, 0.2) is 11.6 Å². The lowest BCUT2D eigenvalue weighted by Gasteiger charge is -2.21. The zero-order chi connectivity index (χ0) is 15.4. The molecule has 22 heavy (non-hydrogen) atoms. The molecule has 2 atom stereocenters. The molecule has 2 aromatic rings. The van der Waals surface area contributed by atoms with Crippen LogP contribution in [0.4, 0.5) is 0 Å². The molecule has 2 nitrogen and oxygen atoms in total. The Balaban J connectivity index is 1.88. The van der Waals surface area contributed by atoms with E-state index in [2.05, 4.69) is 31.9 Å². The summed E-state index contributed by atoms with van der Waals surface area (Å²) in [4.78, 5) is 24.7. The highest BCUT2D eigenvalue weighted by Crippen LogP contribution is 2.52.